The second-order valence-electron chi connectivity index (χ2n) is 11.0. The number of hydrogen-bond donors (Lipinski definition) is 3. The Morgan fingerprint density at radius 2 is 1.81 bits per heavy atom. The minimum Gasteiger partial charge on any atom is -0.496 e. The summed E-state index contributed by atoms with van der Waals surface area (Å²) < 4.78 is 11.5. The van der Waals surface area contributed by atoms with Crippen molar-refractivity contribution in [2.24, 2.45) is 11.8 Å². The van der Waals surface area contributed by atoms with E-state index in [1.54, 1.807) is 29.2 Å². The quantitative estimate of drug-likeness (QED) is 0.261. The van der Waals surface area contributed by atoms with E-state index in [2.05, 4.69) is 10.2 Å². The van der Waals surface area contributed by atoms with Crippen LogP contribution in [0.15, 0.2) is 30.3 Å². The summed E-state index contributed by atoms with van der Waals surface area (Å²) in [5.41, 5.74) is 6.55. The highest BCUT2D eigenvalue weighted by Crippen LogP contribution is 2.33. The molecule has 2 fully saturated rings. The van der Waals surface area contributed by atoms with Crippen LogP contribution in [0.25, 0.3) is 0 Å². The molecule has 2 saturated heterocycles. The summed E-state index contributed by atoms with van der Waals surface area (Å²) in [6.07, 6.45) is 4.57. The van der Waals surface area contributed by atoms with Crippen LogP contribution in [0.2, 0.25) is 15.1 Å². The first-order valence-corrected chi connectivity index (χ1v) is 15.5. The summed E-state index contributed by atoms with van der Waals surface area (Å²) in [5.74, 6) is 0.890. The molecule has 9 nitrogen and oxygen atoms in total. The number of rotatable bonds is 10. The van der Waals surface area contributed by atoms with Crippen LogP contribution in [0, 0.1) is 11.8 Å². The van der Waals surface area contributed by atoms with E-state index in [1.807, 2.05) is 0 Å². The van der Waals surface area contributed by atoms with Crippen LogP contribution in [0.1, 0.15) is 48.9 Å². The second-order valence-corrected chi connectivity index (χ2v) is 12.2. The van der Waals surface area contributed by atoms with E-state index >= 15 is 0 Å². The predicted octanol–water partition coefficient (Wildman–Crippen LogP) is 6.30. The number of amides is 2. The van der Waals surface area contributed by atoms with Gasteiger partial charge < -0.3 is 35.4 Å². The summed E-state index contributed by atoms with van der Waals surface area (Å²) in [7, 11) is 1.49. The molecule has 4 rings (SSSR count). The van der Waals surface area contributed by atoms with Crippen molar-refractivity contribution in [2.75, 3.05) is 52.2 Å². The van der Waals surface area contributed by atoms with Gasteiger partial charge in [-0.3, -0.25) is 4.79 Å². The number of hydrogen-bond acceptors (Lipinski definition) is 6. The molecule has 0 aromatic heterocycles. The van der Waals surface area contributed by atoms with Crippen LogP contribution < -0.4 is 20.5 Å². The molecule has 42 heavy (non-hydrogen) atoms. The number of carbonyl (C=O) groups is 2. The van der Waals surface area contributed by atoms with E-state index in [4.69, 9.17) is 50.0 Å². The van der Waals surface area contributed by atoms with Crippen molar-refractivity contribution in [2.45, 2.75) is 44.6 Å². The number of nitrogens with two attached hydrogens (primary N) is 1. The Balaban J connectivity index is 1.37. The van der Waals surface area contributed by atoms with E-state index in [0.29, 0.717) is 70.0 Å². The number of halogens is 3. The third-order valence-electron chi connectivity index (χ3n) is 8.27. The van der Waals surface area contributed by atoms with Crippen LogP contribution in [-0.4, -0.2) is 79.4 Å². The highest BCUT2D eigenvalue weighted by Gasteiger charge is 2.34. The molecule has 0 radical (unpaired) electrons. The maximum Gasteiger partial charge on any atom is 0.407 e. The summed E-state index contributed by atoms with van der Waals surface area (Å²) >= 11 is 18.7. The standard InChI is InChI=1S/C30H39Cl3N4O5/c1-41-27-15-24(34)23(32)14-21(27)29(38)35-16-19-9-12-36(13-10-19)17-20(18-42-26-8-5-6-22(31)28(26)33)25-7-3-2-4-11-37(25)30(39)40/h5-6,8,14-15,19-20,25H,2-4,7,9-13,16-18,34H2,1H3,(H,35,38)(H,39,40). The van der Waals surface area contributed by atoms with Crippen LogP contribution in [-0.2, 0) is 0 Å². The Kier molecular flexibility index (Phi) is 11.7. The van der Waals surface area contributed by atoms with Gasteiger partial charge in [-0.15, -0.1) is 0 Å². The SMILES string of the molecule is COc1cc(N)c(Cl)cc1C(=O)NCC1CCN(CC(COc2cccc(Cl)c2Cl)C2CCCCCN2C(=O)O)CC1. The van der Waals surface area contributed by atoms with Gasteiger partial charge in [-0.25, -0.2) is 4.79 Å². The van der Waals surface area contributed by atoms with Crippen molar-refractivity contribution in [3.8, 4) is 11.5 Å². The molecule has 0 aliphatic carbocycles. The fourth-order valence-corrected chi connectivity index (χ4v) is 6.40. The van der Waals surface area contributed by atoms with Crippen molar-refractivity contribution in [3.05, 3.63) is 51.0 Å². The molecular formula is C30H39Cl3N4O5. The van der Waals surface area contributed by atoms with Gasteiger partial charge in [0, 0.05) is 37.7 Å². The zero-order chi connectivity index (χ0) is 30.2. The molecule has 2 heterocycles. The lowest BCUT2D eigenvalue weighted by Crippen LogP contribution is -2.50. The molecule has 2 atom stereocenters. The van der Waals surface area contributed by atoms with Crippen molar-refractivity contribution >= 4 is 52.5 Å². The van der Waals surface area contributed by atoms with Gasteiger partial charge in [0.2, 0.25) is 0 Å². The Morgan fingerprint density at radius 3 is 2.52 bits per heavy atom. The van der Waals surface area contributed by atoms with Crippen molar-refractivity contribution < 1.29 is 24.2 Å². The topological polar surface area (TPSA) is 117 Å². The third-order valence-corrected chi connectivity index (χ3v) is 9.40. The zero-order valence-electron chi connectivity index (χ0n) is 23.8. The van der Waals surface area contributed by atoms with Crippen LogP contribution >= 0.6 is 34.8 Å². The minimum absolute atomic E-state index is 0.0479. The van der Waals surface area contributed by atoms with Crippen molar-refractivity contribution in [1.29, 1.82) is 0 Å². The van der Waals surface area contributed by atoms with Gasteiger partial charge in [-0.2, -0.15) is 0 Å². The van der Waals surface area contributed by atoms with E-state index < -0.39 is 6.09 Å². The number of nitrogen functional groups attached to an aromatic ring is 1. The van der Waals surface area contributed by atoms with Crippen molar-refractivity contribution in [1.82, 2.24) is 15.1 Å². The number of methoxy groups -OCH3 is 1. The Hall–Kier alpha value is -2.59. The number of likely N-dealkylation sites (tertiary alicyclic amines) is 2. The molecule has 2 unspecified atom stereocenters. The highest BCUT2D eigenvalue weighted by molar-refractivity contribution is 6.42. The van der Waals surface area contributed by atoms with E-state index in [-0.39, 0.29) is 17.9 Å². The summed E-state index contributed by atoms with van der Waals surface area (Å²) in [6, 6.07) is 8.20. The number of anilines is 1. The van der Waals surface area contributed by atoms with Gasteiger partial charge in [0.05, 0.1) is 35.0 Å². The van der Waals surface area contributed by atoms with Crippen LogP contribution in [0.5, 0.6) is 11.5 Å². The minimum atomic E-state index is -0.888. The lowest BCUT2D eigenvalue weighted by atomic mass is 9.91. The maximum atomic E-state index is 12.9. The first-order chi connectivity index (χ1) is 20.2. The van der Waals surface area contributed by atoms with Gasteiger partial charge in [0.15, 0.2) is 0 Å². The first-order valence-electron chi connectivity index (χ1n) is 14.4. The normalized spacial score (nSPS) is 19.1. The smallest absolute Gasteiger partial charge is 0.407 e. The number of nitrogens with one attached hydrogen (secondary N) is 1. The lowest BCUT2D eigenvalue weighted by Gasteiger charge is -2.39. The van der Waals surface area contributed by atoms with Gasteiger partial charge in [0.1, 0.15) is 16.5 Å². The number of ether oxygens (including phenoxy) is 2. The van der Waals surface area contributed by atoms with E-state index in [1.165, 1.54) is 13.2 Å². The molecule has 2 aliphatic heterocycles. The molecule has 12 heteroatoms. The Bertz CT molecular complexity index is 1240. The number of carbonyl (C=O) groups excluding carboxylic acids is 1. The molecule has 0 bridgehead atoms. The maximum absolute atomic E-state index is 12.9. The van der Waals surface area contributed by atoms with Gasteiger partial charge in [0.25, 0.3) is 5.91 Å². The number of nitrogens with zero attached hydrogens (tertiary/aromatic N) is 2. The molecule has 4 N–H and O–H groups in total. The molecule has 2 amide bonds. The average molecular weight is 642 g/mol. The lowest BCUT2D eigenvalue weighted by molar-refractivity contribution is 0.0613. The monoisotopic (exact) mass is 640 g/mol. The van der Waals surface area contributed by atoms with Crippen molar-refractivity contribution in [3.63, 3.8) is 0 Å². The van der Waals surface area contributed by atoms with Gasteiger partial charge in [-0.1, -0.05) is 53.7 Å². The molecule has 2 aromatic rings. The molecular weight excluding hydrogens is 603 g/mol. The van der Waals surface area contributed by atoms with E-state index in [0.717, 1.165) is 51.6 Å². The fourth-order valence-electron chi connectivity index (χ4n) is 5.89. The van der Waals surface area contributed by atoms with Gasteiger partial charge in [-0.05, 0) is 62.9 Å². The average Bonchev–Trinajstić information content (AvgIpc) is 3.24. The number of piperidine rings is 1. The molecule has 2 aromatic carbocycles. The summed E-state index contributed by atoms with van der Waals surface area (Å²) in [6.45, 7) is 3.77. The first kappa shape index (κ1) is 32.3. The third kappa shape index (κ3) is 8.28. The highest BCUT2D eigenvalue weighted by atomic mass is 35.5. The molecule has 2 aliphatic rings. The Labute approximate surface area is 262 Å². The summed E-state index contributed by atoms with van der Waals surface area (Å²) in [5, 5.41) is 14.1. The molecule has 0 saturated carbocycles. The fraction of sp³-hybridized carbons (Fsp3) is 0.533. The second kappa shape index (κ2) is 15.2. The number of carboxylic acid groups (broad SMARTS) is 1. The van der Waals surface area contributed by atoms with E-state index in [9.17, 15) is 14.7 Å². The predicted molar refractivity (Wildman–Crippen MR) is 166 cm³/mol. The Morgan fingerprint density at radius 1 is 1.05 bits per heavy atom. The number of benzene rings is 2. The largest absolute Gasteiger partial charge is 0.496 e. The molecule has 230 valence electrons. The van der Waals surface area contributed by atoms with Gasteiger partial charge >= 0.3 is 6.09 Å². The van der Waals surface area contributed by atoms with Crippen LogP contribution in [0.4, 0.5) is 10.5 Å². The summed E-state index contributed by atoms with van der Waals surface area (Å²) in [4.78, 5) is 29.1. The zero-order valence-corrected chi connectivity index (χ0v) is 26.1. The van der Waals surface area contributed by atoms with Crippen LogP contribution in [0.3, 0.4) is 0 Å². The molecule has 0 spiro atoms.